The van der Waals surface area contributed by atoms with Crippen LogP contribution in [-0.2, 0) is 0 Å². The molecule has 20 heavy (non-hydrogen) atoms. The minimum Gasteiger partial charge on any atom is -0.0885 e. The second kappa shape index (κ2) is 10.6. The average Bonchev–Trinajstić information content (AvgIpc) is 2.39. The molecule has 2 heteroatoms. The van der Waals surface area contributed by atoms with Crippen LogP contribution >= 0.6 is 31.9 Å². The maximum atomic E-state index is 4.00. The summed E-state index contributed by atoms with van der Waals surface area (Å²) in [6.07, 6.45) is 6.26. The van der Waals surface area contributed by atoms with Crippen LogP contribution in [0.15, 0.2) is 44.4 Å². The van der Waals surface area contributed by atoms with Gasteiger partial charge in [-0.1, -0.05) is 83.9 Å². The van der Waals surface area contributed by atoms with Gasteiger partial charge in [-0.3, -0.25) is 0 Å². The largest absolute Gasteiger partial charge is 0.0885 e. The van der Waals surface area contributed by atoms with E-state index in [2.05, 4.69) is 72.7 Å². The van der Waals surface area contributed by atoms with Gasteiger partial charge in [-0.2, -0.15) is 0 Å². The summed E-state index contributed by atoms with van der Waals surface area (Å²) in [5.74, 6) is 0. The van der Waals surface area contributed by atoms with Crippen LogP contribution in [0, 0.1) is 0 Å². The van der Waals surface area contributed by atoms with Crippen LogP contribution in [-0.4, -0.2) is 0 Å². The average molecular weight is 404 g/mol. The molecular formula is C18H28Br2. The number of halogens is 2. The van der Waals surface area contributed by atoms with Crippen molar-refractivity contribution in [3.8, 4) is 0 Å². The zero-order chi connectivity index (χ0) is 15.7. The summed E-state index contributed by atoms with van der Waals surface area (Å²) in [5.41, 5.74) is 6.08. The van der Waals surface area contributed by atoms with Gasteiger partial charge in [0.2, 0.25) is 0 Å². The predicted molar refractivity (Wildman–Crippen MR) is 101 cm³/mol. The van der Waals surface area contributed by atoms with Crippen molar-refractivity contribution in [3.05, 3.63) is 44.4 Å². The van der Waals surface area contributed by atoms with E-state index >= 15 is 0 Å². The monoisotopic (exact) mass is 402 g/mol. The summed E-state index contributed by atoms with van der Waals surface area (Å²) in [6, 6.07) is 0. The number of rotatable bonds is 9. The molecule has 0 atom stereocenters. The number of hydrogen-bond donors (Lipinski definition) is 0. The SMILES string of the molecule is C=C(Br)C/C(CC)=C(CC)\C(CC)=C(\CC)CC(=C)Br. The van der Waals surface area contributed by atoms with Crippen LogP contribution in [0.5, 0.6) is 0 Å². The molecule has 0 saturated heterocycles. The molecule has 0 aliphatic heterocycles. The Balaban J connectivity index is 5.85. The highest BCUT2D eigenvalue weighted by atomic mass is 79.9. The topological polar surface area (TPSA) is 0 Å². The van der Waals surface area contributed by atoms with Gasteiger partial charge >= 0.3 is 0 Å². The van der Waals surface area contributed by atoms with Gasteiger partial charge in [0.05, 0.1) is 0 Å². The van der Waals surface area contributed by atoms with E-state index in [4.69, 9.17) is 0 Å². The molecule has 0 unspecified atom stereocenters. The van der Waals surface area contributed by atoms with Crippen molar-refractivity contribution in [2.24, 2.45) is 0 Å². The van der Waals surface area contributed by atoms with Crippen LogP contribution in [0.4, 0.5) is 0 Å². The van der Waals surface area contributed by atoms with Crippen molar-refractivity contribution in [2.45, 2.75) is 66.2 Å². The Kier molecular flexibility index (Phi) is 10.6. The van der Waals surface area contributed by atoms with E-state index in [-0.39, 0.29) is 0 Å². The Morgan fingerprint density at radius 1 is 0.650 bits per heavy atom. The first-order valence-corrected chi connectivity index (χ1v) is 9.08. The molecule has 0 aromatic rings. The van der Waals surface area contributed by atoms with Crippen molar-refractivity contribution < 1.29 is 0 Å². The van der Waals surface area contributed by atoms with E-state index < -0.39 is 0 Å². The molecule has 0 amide bonds. The Hall–Kier alpha value is -0.0800. The highest BCUT2D eigenvalue weighted by molar-refractivity contribution is 9.12. The smallest absolute Gasteiger partial charge is 0.0000804 e. The third-order valence-corrected chi connectivity index (χ3v) is 4.15. The van der Waals surface area contributed by atoms with E-state index in [1.54, 1.807) is 0 Å². The Morgan fingerprint density at radius 3 is 1.10 bits per heavy atom. The van der Waals surface area contributed by atoms with Gasteiger partial charge in [0.25, 0.3) is 0 Å². The maximum absolute atomic E-state index is 4.00. The van der Waals surface area contributed by atoms with Crippen LogP contribution in [0.2, 0.25) is 0 Å². The van der Waals surface area contributed by atoms with Crippen molar-refractivity contribution >= 4 is 31.9 Å². The Morgan fingerprint density at radius 2 is 0.950 bits per heavy atom. The van der Waals surface area contributed by atoms with Gasteiger partial charge in [-0.15, -0.1) is 0 Å². The molecule has 0 aromatic heterocycles. The van der Waals surface area contributed by atoms with Crippen LogP contribution in [0.3, 0.4) is 0 Å². The van der Waals surface area contributed by atoms with Crippen LogP contribution in [0.1, 0.15) is 66.2 Å². The zero-order valence-corrected chi connectivity index (χ0v) is 16.6. The highest BCUT2D eigenvalue weighted by Crippen LogP contribution is 2.33. The molecular weight excluding hydrogens is 376 g/mol. The Bertz CT molecular complexity index is 371. The van der Waals surface area contributed by atoms with Gasteiger partial charge < -0.3 is 0 Å². The molecule has 0 nitrogen and oxygen atoms in total. The van der Waals surface area contributed by atoms with Crippen molar-refractivity contribution in [3.63, 3.8) is 0 Å². The lowest BCUT2D eigenvalue weighted by atomic mass is 9.87. The highest BCUT2D eigenvalue weighted by Gasteiger charge is 2.13. The standard InChI is InChI=1S/C18H28Br2/c1-7-15(11-13(5)19)17(9-3)18(10-4)16(8-2)12-14(6)20/h5-12H2,1-4H3/b17-15-,18-16-. The minimum absolute atomic E-state index is 0.954. The number of allylic oxidation sites excluding steroid dienone is 6. The van der Waals surface area contributed by atoms with E-state index in [1.807, 2.05) is 0 Å². The molecule has 0 aliphatic carbocycles. The first kappa shape index (κ1) is 19.9. The molecule has 0 radical (unpaired) electrons. The van der Waals surface area contributed by atoms with Crippen LogP contribution < -0.4 is 0 Å². The molecule has 0 bridgehead atoms. The summed E-state index contributed by atoms with van der Waals surface area (Å²) in [6.45, 7) is 17.0. The van der Waals surface area contributed by atoms with Gasteiger partial charge in [0.15, 0.2) is 0 Å². The second-order valence-electron chi connectivity index (χ2n) is 4.97. The summed E-state index contributed by atoms with van der Waals surface area (Å²) >= 11 is 7.02. The van der Waals surface area contributed by atoms with Gasteiger partial charge in [-0.05, 0) is 58.6 Å². The van der Waals surface area contributed by atoms with Crippen molar-refractivity contribution in [1.29, 1.82) is 0 Å². The minimum atomic E-state index is 0.954. The molecule has 0 spiro atoms. The first-order chi connectivity index (χ1) is 9.40. The quantitative estimate of drug-likeness (QED) is 0.344. The second-order valence-corrected chi connectivity index (χ2v) is 7.21. The fourth-order valence-corrected chi connectivity index (χ4v) is 3.38. The molecule has 0 aromatic carbocycles. The lowest BCUT2D eigenvalue weighted by Crippen LogP contribution is -2.00. The first-order valence-electron chi connectivity index (χ1n) is 7.49. The molecule has 0 fully saturated rings. The zero-order valence-electron chi connectivity index (χ0n) is 13.4. The molecule has 0 N–H and O–H groups in total. The van der Waals surface area contributed by atoms with Gasteiger partial charge in [0, 0.05) is 0 Å². The van der Waals surface area contributed by atoms with E-state index in [0.29, 0.717) is 0 Å². The fraction of sp³-hybridized carbons (Fsp3) is 0.556. The van der Waals surface area contributed by atoms with Crippen LogP contribution in [0.25, 0.3) is 0 Å². The summed E-state index contributed by atoms with van der Waals surface area (Å²) in [7, 11) is 0. The Labute approximate surface area is 142 Å². The fourth-order valence-electron chi connectivity index (χ4n) is 2.71. The van der Waals surface area contributed by atoms with E-state index in [1.165, 1.54) is 22.3 Å². The summed E-state index contributed by atoms with van der Waals surface area (Å²) in [5, 5.41) is 0. The summed E-state index contributed by atoms with van der Waals surface area (Å²) < 4.78 is 2.14. The van der Waals surface area contributed by atoms with E-state index in [0.717, 1.165) is 47.5 Å². The van der Waals surface area contributed by atoms with E-state index in [9.17, 15) is 0 Å². The van der Waals surface area contributed by atoms with Crippen molar-refractivity contribution in [1.82, 2.24) is 0 Å². The lowest BCUT2D eigenvalue weighted by Gasteiger charge is -2.20. The molecule has 0 rings (SSSR count). The maximum Gasteiger partial charge on any atom is -0.0000804 e. The van der Waals surface area contributed by atoms with Crippen molar-refractivity contribution in [2.75, 3.05) is 0 Å². The number of hydrogen-bond acceptors (Lipinski definition) is 0. The molecule has 0 heterocycles. The summed E-state index contributed by atoms with van der Waals surface area (Å²) in [4.78, 5) is 0. The van der Waals surface area contributed by atoms with Gasteiger partial charge in [-0.25, -0.2) is 0 Å². The third-order valence-electron chi connectivity index (χ3n) is 3.59. The molecule has 0 aliphatic rings. The molecule has 114 valence electrons. The lowest BCUT2D eigenvalue weighted by molar-refractivity contribution is 0.884. The normalized spacial score (nSPS) is 13.7. The predicted octanol–water partition coefficient (Wildman–Crippen LogP) is 7.82. The van der Waals surface area contributed by atoms with Gasteiger partial charge in [0.1, 0.15) is 0 Å². The third kappa shape index (κ3) is 6.58. The molecule has 0 saturated carbocycles.